The van der Waals surface area contributed by atoms with E-state index in [-0.39, 0.29) is 22.0 Å². The largest absolute Gasteiger partial charge is 0.420 e. The molecule has 0 aliphatic rings. The summed E-state index contributed by atoms with van der Waals surface area (Å²) in [6, 6.07) is 19.6. The minimum atomic E-state index is -0.774. The van der Waals surface area contributed by atoms with E-state index in [1.807, 2.05) is 24.3 Å². The van der Waals surface area contributed by atoms with E-state index in [1.165, 1.54) is 12.1 Å². The topological polar surface area (TPSA) is 107 Å². The molecule has 31 heavy (non-hydrogen) atoms. The molecular formula is C22H13ClN4O4. The summed E-state index contributed by atoms with van der Waals surface area (Å²) in [5.74, 6) is -0.214. The number of carbonyl (C=O) groups excluding carboxylic acids is 1. The first kappa shape index (κ1) is 20.1. The minimum Gasteiger partial charge on any atom is -0.420 e. The predicted molar refractivity (Wildman–Crippen MR) is 115 cm³/mol. The summed E-state index contributed by atoms with van der Waals surface area (Å²) in [7, 11) is 0. The van der Waals surface area contributed by atoms with Crippen molar-refractivity contribution in [2.75, 3.05) is 0 Å². The number of esters is 1. The van der Waals surface area contributed by atoms with Crippen LogP contribution < -0.4 is 4.74 Å². The van der Waals surface area contributed by atoms with Crippen molar-refractivity contribution in [1.82, 2.24) is 4.98 Å². The highest BCUT2D eigenvalue weighted by atomic mass is 35.5. The Morgan fingerprint density at radius 3 is 2.55 bits per heavy atom. The van der Waals surface area contributed by atoms with Crippen molar-refractivity contribution >= 4 is 45.5 Å². The lowest BCUT2D eigenvalue weighted by Gasteiger charge is -2.10. The first-order valence-corrected chi connectivity index (χ1v) is 9.41. The maximum atomic E-state index is 12.7. The Morgan fingerprint density at radius 1 is 1.00 bits per heavy atom. The van der Waals surface area contributed by atoms with E-state index in [0.29, 0.717) is 11.5 Å². The van der Waals surface area contributed by atoms with Crippen molar-refractivity contribution in [1.29, 1.82) is 0 Å². The van der Waals surface area contributed by atoms with Gasteiger partial charge in [0.2, 0.25) is 0 Å². The van der Waals surface area contributed by atoms with E-state index in [4.69, 9.17) is 16.3 Å². The average Bonchev–Trinajstić information content (AvgIpc) is 2.78. The molecule has 4 rings (SSSR count). The number of carbonyl (C=O) groups is 1. The smallest absolute Gasteiger partial charge is 0.345 e. The highest BCUT2D eigenvalue weighted by molar-refractivity contribution is 6.33. The highest BCUT2D eigenvalue weighted by Gasteiger charge is 2.19. The number of non-ortho nitro benzene ring substituents is 1. The number of azo groups is 1. The second kappa shape index (κ2) is 8.68. The Morgan fingerprint density at radius 2 is 1.81 bits per heavy atom. The van der Waals surface area contributed by atoms with Crippen LogP contribution in [0.25, 0.3) is 10.8 Å². The number of ether oxygens (including phenoxy) is 1. The maximum Gasteiger partial charge on any atom is 0.345 e. The number of aromatic nitrogens is 1. The fourth-order valence-corrected chi connectivity index (χ4v) is 3.12. The second-order valence-corrected chi connectivity index (χ2v) is 6.74. The maximum absolute atomic E-state index is 12.7. The van der Waals surface area contributed by atoms with Gasteiger partial charge in [-0.25, -0.2) is 9.78 Å². The number of nitro benzene ring substituents is 1. The van der Waals surface area contributed by atoms with Gasteiger partial charge < -0.3 is 4.74 Å². The van der Waals surface area contributed by atoms with Gasteiger partial charge in [-0.3, -0.25) is 10.1 Å². The van der Waals surface area contributed by atoms with Gasteiger partial charge in [-0.15, -0.1) is 10.2 Å². The number of pyridine rings is 1. The van der Waals surface area contributed by atoms with Crippen molar-refractivity contribution in [3.05, 3.63) is 99.7 Å². The van der Waals surface area contributed by atoms with Crippen molar-refractivity contribution in [2.24, 2.45) is 10.2 Å². The Kier molecular flexibility index (Phi) is 5.63. The number of nitrogens with zero attached hydrogens (tertiary/aromatic N) is 4. The van der Waals surface area contributed by atoms with Crippen molar-refractivity contribution in [2.45, 2.75) is 0 Å². The van der Waals surface area contributed by atoms with Gasteiger partial charge >= 0.3 is 5.97 Å². The SMILES string of the molecule is O=C(Oc1ccc2ccccc2c1N=Nc1ccccn1)c1ccc([N+](=O)[O-])cc1Cl. The molecule has 0 atom stereocenters. The van der Waals surface area contributed by atoms with Crippen LogP contribution in [-0.4, -0.2) is 15.9 Å². The van der Waals surface area contributed by atoms with E-state index in [2.05, 4.69) is 15.2 Å². The molecule has 3 aromatic carbocycles. The van der Waals surface area contributed by atoms with Gasteiger partial charge in [0.15, 0.2) is 11.6 Å². The zero-order valence-corrected chi connectivity index (χ0v) is 16.6. The van der Waals surface area contributed by atoms with Crippen LogP contribution in [0.4, 0.5) is 17.2 Å². The summed E-state index contributed by atoms with van der Waals surface area (Å²) in [6.45, 7) is 0. The van der Waals surface area contributed by atoms with Gasteiger partial charge in [-0.2, -0.15) is 0 Å². The Balaban J connectivity index is 1.73. The van der Waals surface area contributed by atoms with E-state index < -0.39 is 10.9 Å². The van der Waals surface area contributed by atoms with E-state index in [0.717, 1.165) is 16.8 Å². The molecule has 0 fully saturated rings. The predicted octanol–water partition coefficient (Wildman–Crippen LogP) is 6.43. The van der Waals surface area contributed by atoms with Gasteiger partial charge in [-0.05, 0) is 29.7 Å². The van der Waals surface area contributed by atoms with Crippen molar-refractivity contribution in [3.8, 4) is 5.75 Å². The van der Waals surface area contributed by atoms with E-state index >= 15 is 0 Å². The zero-order chi connectivity index (χ0) is 21.8. The minimum absolute atomic E-state index is 0.00644. The number of halogens is 1. The normalized spacial score (nSPS) is 11.0. The summed E-state index contributed by atoms with van der Waals surface area (Å²) < 4.78 is 5.54. The van der Waals surface area contributed by atoms with Crippen LogP contribution in [0.1, 0.15) is 10.4 Å². The molecule has 0 aliphatic carbocycles. The first-order chi connectivity index (χ1) is 15.0. The van der Waals surface area contributed by atoms with Gasteiger partial charge in [0.25, 0.3) is 5.69 Å². The van der Waals surface area contributed by atoms with Gasteiger partial charge in [0.1, 0.15) is 5.69 Å². The number of hydrogen-bond acceptors (Lipinski definition) is 7. The van der Waals surface area contributed by atoms with Gasteiger partial charge in [0.05, 0.1) is 15.5 Å². The Labute approximate surface area is 180 Å². The van der Waals surface area contributed by atoms with Crippen LogP contribution in [0.2, 0.25) is 5.02 Å². The summed E-state index contributed by atoms with van der Waals surface area (Å²) in [4.78, 5) is 27.1. The van der Waals surface area contributed by atoms with Crippen LogP contribution >= 0.6 is 11.6 Å². The molecule has 8 nitrogen and oxygen atoms in total. The summed E-state index contributed by atoms with van der Waals surface area (Å²) in [6.07, 6.45) is 1.59. The molecule has 0 N–H and O–H groups in total. The molecule has 0 saturated heterocycles. The average molecular weight is 433 g/mol. The monoisotopic (exact) mass is 432 g/mol. The molecule has 0 amide bonds. The molecule has 0 spiro atoms. The lowest BCUT2D eigenvalue weighted by molar-refractivity contribution is -0.384. The molecule has 1 aromatic heterocycles. The van der Waals surface area contributed by atoms with Crippen LogP contribution in [0.15, 0.2) is 89.2 Å². The number of benzene rings is 3. The lowest BCUT2D eigenvalue weighted by atomic mass is 10.1. The standard InChI is InChI=1S/C22H13ClN4O4/c23-18-13-15(27(29)30)9-10-17(18)22(28)31-19-11-8-14-5-1-2-6-16(14)21(19)26-25-20-7-3-4-12-24-20/h1-13H. The second-order valence-electron chi connectivity index (χ2n) is 6.33. The summed E-state index contributed by atoms with van der Waals surface area (Å²) >= 11 is 6.06. The Bertz CT molecular complexity index is 1330. The molecule has 4 aromatic rings. The highest BCUT2D eigenvalue weighted by Crippen LogP contribution is 2.37. The van der Waals surface area contributed by atoms with Gasteiger partial charge in [-0.1, -0.05) is 48.0 Å². The van der Waals surface area contributed by atoms with Crippen LogP contribution in [0.3, 0.4) is 0 Å². The fraction of sp³-hybridized carbons (Fsp3) is 0. The number of rotatable bonds is 5. The van der Waals surface area contributed by atoms with Crippen molar-refractivity contribution in [3.63, 3.8) is 0 Å². The summed E-state index contributed by atoms with van der Waals surface area (Å²) in [5, 5.41) is 20.8. The van der Waals surface area contributed by atoms with Gasteiger partial charge in [0, 0.05) is 23.7 Å². The Hall–Kier alpha value is -4.17. The molecule has 1 heterocycles. The molecule has 152 valence electrons. The first-order valence-electron chi connectivity index (χ1n) is 9.03. The van der Waals surface area contributed by atoms with Crippen LogP contribution in [0, 0.1) is 10.1 Å². The summed E-state index contributed by atoms with van der Waals surface area (Å²) in [5.41, 5.74) is 0.111. The van der Waals surface area contributed by atoms with Crippen LogP contribution in [0.5, 0.6) is 5.75 Å². The molecule has 9 heteroatoms. The fourth-order valence-electron chi connectivity index (χ4n) is 2.87. The molecule has 0 aliphatic heterocycles. The molecule has 0 unspecified atom stereocenters. The quantitative estimate of drug-likeness (QED) is 0.119. The number of fused-ring (bicyclic) bond motifs is 1. The van der Waals surface area contributed by atoms with Crippen molar-refractivity contribution < 1.29 is 14.5 Å². The molecule has 0 radical (unpaired) electrons. The molecular weight excluding hydrogens is 420 g/mol. The lowest BCUT2D eigenvalue weighted by Crippen LogP contribution is -2.09. The van der Waals surface area contributed by atoms with E-state index in [9.17, 15) is 14.9 Å². The van der Waals surface area contributed by atoms with E-state index in [1.54, 1.807) is 36.5 Å². The van der Waals surface area contributed by atoms with Crippen LogP contribution in [-0.2, 0) is 0 Å². The number of nitro groups is 1. The number of hydrogen-bond donors (Lipinski definition) is 0. The zero-order valence-electron chi connectivity index (χ0n) is 15.8. The third-order valence-electron chi connectivity index (χ3n) is 4.35. The molecule has 0 bridgehead atoms. The molecule has 0 saturated carbocycles. The third-order valence-corrected chi connectivity index (χ3v) is 4.66. The third kappa shape index (κ3) is 4.39.